The molecule has 0 aliphatic carbocycles. The van der Waals surface area contributed by atoms with Crippen LogP contribution in [0.25, 0.3) is 0 Å². The zero-order valence-corrected chi connectivity index (χ0v) is 7.74. The molecule has 0 aromatic heterocycles. The van der Waals surface area contributed by atoms with Crippen LogP contribution in [0, 0.1) is 0 Å². The summed E-state index contributed by atoms with van der Waals surface area (Å²) in [5.41, 5.74) is 5.05. The molecule has 0 aliphatic heterocycles. The van der Waals surface area contributed by atoms with Crippen molar-refractivity contribution in [3.63, 3.8) is 0 Å². The molecule has 1 aromatic carbocycles. The summed E-state index contributed by atoms with van der Waals surface area (Å²) in [5, 5.41) is 9.71. The smallest absolute Gasteiger partial charge is 0.249 e. The lowest BCUT2D eigenvalue weighted by atomic mass is 9.93. The van der Waals surface area contributed by atoms with Crippen LogP contribution < -0.4 is 5.73 Å². The molecule has 0 fully saturated rings. The molecule has 3 N–H and O–H groups in total. The van der Waals surface area contributed by atoms with Crippen LogP contribution in [0.3, 0.4) is 0 Å². The number of hydrogen-bond acceptors (Lipinski definition) is 2. The van der Waals surface area contributed by atoms with E-state index >= 15 is 0 Å². The van der Waals surface area contributed by atoms with Crippen molar-refractivity contribution in [2.45, 2.75) is 19.4 Å². The number of carbonyl (C=O) groups excluding carboxylic acids is 1. The Morgan fingerprint density at radius 1 is 1.38 bits per heavy atom. The summed E-state index contributed by atoms with van der Waals surface area (Å²) in [7, 11) is 0. The van der Waals surface area contributed by atoms with E-state index in [-0.39, 0.29) is 0 Å². The molecule has 0 radical (unpaired) electrons. The highest BCUT2D eigenvalue weighted by molar-refractivity contribution is 5.94. The highest BCUT2D eigenvalue weighted by Crippen LogP contribution is 2.22. The SMILES string of the molecule is CC(C)(O)c1ccccc1C(N)=O. The zero-order chi connectivity index (χ0) is 10.1. The van der Waals surface area contributed by atoms with E-state index in [2.05, 4.69) is 0 Å². The Balaban J connectivity index is 3.28. The van der Waals surface area contributed by atoms with Crippen molar-refractivity contribution in [3.05, 3.63) is 35.4 Å². The predicted molar refractivity (Wildman–Crippen MR) is 50.2 cm³/mol. The summed E-state index contributed by atoms with van der Waals surface area (Å²) in [5.74, 6) is -0.516. The van der Waals surface area contributed by atoms with Gasteiger partial charge in [0.15, 0.2) is 0 Å². The first kappa shape index (κ1) is 9.74. The van der Waals surface area contributed by atoms with E-state index in [1.807, 2.05) is 0 Å². The molecular formula is C10H13NO2. The van der Waals surface area contributed by atoms with E-state index in [0.717, 1.165) is 0 Å². The quantitative estimate of drug-likeness (QED) is 0.711. The van der Waals surface area contributed by atoms with Gasteiger partial charge in [0.25, 0.3) is 0 Å². The Morgan fingerprint density at radius 3 is 2.31 bits per heavy atom. The van der Waals surface area contributed by atoms with Crippen LogP contribution in [0.2, 0.25) is 0 Å². The first-order chi connectivity index (χ1) is 5.93. The zero-order valence-electron chi connectivity index (χ0n) is 7.74. The largest absolute Gasteiger partial charge is 0.386 e. The van der Waals surface area contributed by atoms with Crippen LogP contribution in [0.5, 0.6) is 0 Å². The highest BCUT2D eigenvalue weighted by atomic mass is 16.3. The minimum Gasteiger partial charge on any atom is -0.386 e. The Morgan fingerprint density at radius 2 is 1.92 bits per heavy atom. The second-order valence-corrected chi connectivity index (χ2v) is 3.47. The van der Waals surface area contributed by atoms with Gasteiger partial charge in [-0.1, -0.05) is 18.2 Å². The van der Waals surface area contributed by atoms with Gasteiger partial charge in [0, 0.05) is 5.56 Å². The van der Waals surface area contributed by atoms with E-state index in [4.69, 9.17) is 5.73 Å². The Bertz CT molecular complexity index is 326. The molecule has 3 heteroatoms. The average Bonchev–Trinajstić information content (AvgIpc) is 2.03. The third-order valence-corrected chi connectivity index (χ3v) is 1.85. The molecule has 0 spiro atoms. The second-order valence-electron chi connectivity index (χ2n) is 3.47. The molecule has 3 nitrogen and oxygen atoms in total. The average molecular weight is 179 g/mol. The fourth-order valence-electron chi connectivity index (χ4n) is 1.23. The van der Waals surface area contributed by atoms with Crippen LogP contribution in [0.4, 0.5) is 0 Å². The van der Waals surface area contributed by atoms with E-state index in [9.17, 15) is 9.90 Å². The topological polar surface area (TPSA) is 63.3 Å². The molecule has 0 bridgehead atoms. The van der Waals surface area contributed by atoms with E-state index in [0.29, 0.717) is 11.1 Å². The number of hydrogen-bond donors (Lipinski definition) is 2. The standard InChI is InChI=1S/C10H13NO2/c1-10(2,13)8-6-4-3-5-7(8)9(11)12/h3-6,13H,1-2H3,(H2,11,12). The van der Waals surface area contributed by atoms with E-state index < -0.39 is 11.5 Å². The maximum Gasteiger partial charge on any atom is 0.249 e. The fraction of sp³-hybridized carbons (Fsp3) is 0.300. The minimum atomic E-state index is -1.04. The monoisotopic (exact) mass is 179 g/mol. The van der Waals surface area contributed by atoms with Crippen LogP contribution in [-0.4, -0.2) is 11.0 Å². The number of carbonyl (C=O) groups is 1. The predicted octanol–water partition coefficient (Wildman–Crippen LogP) is 1.01. The first-order valence-electron chi connectivity index (χ1n) is 4.04. The van der Waals surface area contributed by atoms with Crippen molar-refractivity contribution in [3.8, 4) is 0 Å². The Hall–Kier alpha value is -1.35. The second kappa shape index (κ2) is 3.18. The lowest BCUT2D eigenvalue weighted by Crippen LogP contribution is -2.23. The molecule has 0 saturated heterocycles. The van der Waals surface area contributed by atoms with Crippen molar-refractivity contribution in [1.82, 2.24) is 0 Å². The molecule has 70 valence electrons. The lowest BCUT2D eigenvalue weighted by molar-refractivity contribution is 0.0755. The number of primary amides is 1. The van der Waals surface area contributed by atoms with E-state index in [1.165, 1.54) is 0 Å². The van der Waals surface area contributed by atoms with Gasteiger partial charge in [-0.3, -0.25) is 4.79 Å². The third-order valence-electron chi connectivity index (χ3n) is 1.85. The summed E-state index contributed by atoms with van der Waals surface area (Å²) in [4.78, 5) is 11.0. The normalized spacial score (nSPS) is 11.3. The van der Waals surface area contributed by atoms with Crippen molar-refractivity contribution in [2.24, 2.45) is 5.73 Å². The van der Waals surface area contributed by atoms with Crippen molar-refractivity contribution in [2.75, 3.05) is 0 Å². The van der Waals surface area contributed by atoms with Crippen molar-refractivity contribution < 1.29 is 9.90 Å². The first-order valence-corrected chi connectivity index (χ1v) is 4.04. The third kappa shape index (κ3) is 2.06. The molecule has 1 rings (SSSR count). The van der Waals surface area contributed by atoms with Gasteiger partial charge in [-0.05, 0) is 25.5 Å². The molecule has 0 heterocycles. The number of nitrogens with two attached hydrogens (primary N) is 1. The van der Waals surface area contributed by atoms with Crippen LogP contribution >= 0.6 is 0 Å². The molecule has 1 aromatic rings. The van der Waals surface area contributed by atoms with Crippen LogP contribution in [0.1, 0.15) is 29.8 Å². The van der Waals surface area contributed by atoms with Gasteiger partial charge in [-0.25, -0.2) is 0 Å². The molecule has 13 heavy (non-hydrogen) atoms. The van der Waals surface area contributed by atoms with E-state index in [1.54, 1.807) is 38.1 Å². The molecule has 0 saturated carbocycles. The summed E-state index contributed by atoms with van der Waals surface area (Å²) in [6, 6.07) is 6.78. The van der Waals surface area contributed by atoms with Gasteiger partial charge in [0.1, 0.15) is 0 Å². The highest BCUT2D eigenvalue weighted by Gasteiger charge is 2.21. The Labute approximate surface area is 77.2 Å². The fourth-order valence-corrected chi connectivity index (χ4v) is 1.23. The van der Waals surface area contributed by atoms with Crippen LogP contribution in [0.15, 0.2) is 24.3 Å². The van der Waals surface area contributed by atoms with Gasteiger partial charge < -0.3 is 10.8 Å². The van der Waals surface area contributed by atoms with Gasteiger partial charge in [-0.15, -0.1) is 0 Å². The molecule has 0 atom stereocenters. The maximum atomic E-state index is 11.0. The number of rotatable bonds is 2. The summed E-state index contributed by atoms with van der Waals surface area (Å²) < 4.78 is 0. The number of amides is 1. The van der Waals surface area contributed by atoms with Crippen molar-refractivity contribution in [1.29, 1.82) is 0 Å². The van der Waals surface area contributed by atoms with Gasteiger partial charge >= 0.3 is 0 Å². The lowest BCUT2D eigenvalue weighted by Gasteiger charge is -2.19. The van der Waals surface area contributed by atoms with Gasteiger partial charge in [0.2, 0.25) is 5.91 Å². The molecule has 0 aliphatic rings. The molecular weight excluding hydrogens is 166 g/mol. The summed E-state index contributed by atoms with van der Waals surface area (Å²) in [6.07, 6.45) is 0. The number of aliphatic hydroxyl groups is 1. The van der Waals surface area contributed by atoms with Crippen molar-refractivity contribution >= 4 is 5.91 Å². The minimum absolute atomic E-state index is 0.370. The summed E-state index contributed by atoms with van der Waals surface area (Å²) >= 11 is 0. The summed E-state index contributed by atoms with van der Waals surface area (Å²) in [6.45, 7) is 3.24. The maximum absolute atomic E-state index is 11.0. The molecule has 0 unspecified atom stereocenters. The Kier molecular flexibility index (Phi) is 2.38. The van der Waals surface area contributed by atoms with Gasteiger partial charge in [0.05, 0.1) is 5.60 Å². The number of benzene rings is 1. The van der Waals surface area contributed by atoms with Crippen LogP contribution in [-0.2, 0) is 5.60 Å². The molecule has 1 amide bonds. The van der Waals surface area contributed by atoms with Gasteiger partial charge in [-0.2, -0.15) is 0 Å².